The number of benzene rings is 1. The smallest absolute Gasteiger partial charge is 0.162 e. The highest BCUT2D eigenvalue weighted by Gasteiger charge is 2.21. The molecule has 0 spiro atoms. The Morgan fingerprint density at radius 1 is 1.26 bits per heavy atom. The van der Waals surface area contributed by atoms with Gasteiger partial charge in [-0.05, 0) is 37.3 Å². The highest BCUT2D eigenvalue weighted by atomic mass is 32.2. The molecule has 2 heterocycles. The standard InChI is InChI=1S/C18H26N4O4S/c1-25-17-11-14-15(12-18(17)26-2)19-7-4-16(14)22-9-5-13(6-10-22)3-8-20-21-27(23)24/h4,7,11-13,20-21H,3,5-6,8-10H2,1-2H3,(H,23,24)/p-1. The van der Waals surface area contributed by atoms with Gasteiger partial charge in [0.25, 0.3) is 0 Å². The number of aromatic nitrogens is 1. The van der Waals surface area contributed by atoms with Crippen LogP contribution in [0.3, 0.4) is 0 Å². The van der Waals surface area contributed by atoms with Gasteiger partial charge in [-0.15, -0.1) is 0 Å². The zero-order valence-corrected chi connectivity index (χ0v) is 16.4. The van der Waals surface area contributed by atoms with E-state index >= 15 is 0 Å². The lowest BCUT2D eigenvalue weighted by molar-refractivity contribution is 0.355. The molecule has 1 atom stereocenters. The summed E-state index contributed by atoms with van der Waals surface area (Å²) in [6, 6.07) is 5.94. The third-order valence-corrected chi connectivity index (χ3v) is 5.32. The molecule has 8 nitrogen and oxygen atoms in total. The first-order chi connectivity index (χ1) is 13.1. The molecule has 1 saturated heterocycles. The van der Waals surface area contributed by atoms with Gasteiger partial charge in [-0.25, -0.2) is 5.43 Å². The minimum absolute atomic E-state index is 0.582. The highest BCUT2D eigenvalue weighted by Crippen LogP contribution is 2.36. The van der Waals surface area contributed by atoms with Crippen LogP contribution in [-0.2, 0) is 11.3 Å². The van der Waals surface area contributed by atoms with E-state index in [0.717, 1.165) is 48.9 Å². The first kappa shape index (κ1) is 19.8. The molecule has 0 amide bonds. The average molecular weight is 393 g/mol. The molecule has 1 aliphatic heterocycles. The van der Waals surface area contributed by atoms with Crippen molar-refractivity contribution in [1.29, 1.82) is 0 Å². The van der Waals surface area contributed by atoms with Gasteiger partial charge in [0.2, 0.25) is 0 Å². The second-order valence-corrected chi connectivity index (χ2v) is 7.21. The molecule has 1 aromatic carbocycles. The van der Waals surface area contributed by atoms with Crippen LogP contribution in [0.1, 0.15) is 19.3 Å². The minimum Gasteiger partial charge on any atom is -0.759 e. The van der Waals surface area contributed by atoms with Crippen LogP contribution < -0.4 is 24.6 Å². The molecule has 9 heteroatoms. The van der Waals surface area contributed by atoms with E-state index in [1.54, 1.807) is 14.2 Å². The second-order valence-electron chi connectivity index (χ2n) is 6.54. The summed E-state index contributed by atoms with van der Waals surface area (Å²) >= 11 is -2.27. The number of nitrogens with zero attached hydrogens (tertiary/aromatic N) is 2. The molecule has 1 fully saturated rings. The van der Waals surface area contributed by atoms with Gasteiger partial charge in [-0.3, -0.25) is 9.19 Å². The first-order valence-electron chi connectivity index (χ1n) is 8.96. The van der Waals surface area contributed by atoms with Gasteiger partial charge in [0, 0.05) is 54.2 Å². The molecule has 3 rings (SSSR count). The molecule has 2 aromatic rings. The number of rotatable bonds is 8. The Kier molecular flexibility index (Phi) is 6.84. The Morgan fingerprint density at radius 3 is 2.63 bits per heavy atom. The number of pyridine rings is 1. The van der Waals surface area contributed by atoms with E-state index in [1.165, 1.54) is 0 Å². The Morgan fingerprint density at radius 2 is 1.96 bits per heavy atom. The lowest BCUT2D eigenvalue weighted by Gasteiger charge is -2.34. The summed E-state index contributed by atoms with van der Waals surface area (Å²) in [6.07, 6.45) is 4.91. The average Bonchev–Trinajstić information content (AvgIpc) is 2.70. The van der Waals surface area contributed by atoms with Crippen LogP contribution in [0.25, 0.3) is 10.9 Å². The van der Waals surface area contributed by atoms with E-state index in [4.69, 9.17) is 9.47 Å². The SMILES string of the molecule is COc1cc2nccc(N3CCC(CCNNS(=O)[O-])CC3)c2cc1OC. The van der Waals surface area contributed by atoms with Crippen molar-refractivity contribution in [3.63, 3.8) is 0 Å². The maximum absolute atomic E-state index is 10.4. The number of nitrogens with one attached hydrogen (secondary N) is 2. The van der Waals surface area contributed by atoms with Crippen LogP contribution in [0.4, 0.5) is 5.69 Å². The number of hydrogen-bond donors (Lipinski definition) is 2. The summed E-state index contributed by atoms with van der Waals surface area (Å²) in [7, 11) is 3.26. The predicted octanol–water partition coefficient (Wildman–Crippen LogP) is 1.75. The first-order valence-corrected chi connectivity index (χ1v) is 10.0. The molecule has 1 unspecified atom stereocenters. The summed E-state index contributed by atoms with van der Waals surface area (Å²) < 4.78 is 31.7. The van der Waals surface area contributed by atoms with Crippen LogP contribution >= 0.6 is 0 Å². The third kappa shape index (κ3) is 4.86. The van der Waals surface area contributed by atoms with Gasteiger partial charge >= 0.3 is 0 Å². The van der Waals surface area contributed by atoms with Crippen LogP contribution in [0.5, 0.6) is 11.5 Å². The molecular weight excluding hydrogens is 368 g/mol. The Bertz CT molecular complexity index is 796. The normalized spacial score (nSPS) is 16.5. The lowest BCUT2D eigenvalue weighted by atomic mass is 9.93. The summed E-state index contributed by atoms with van der Waals surface area (Å²) in [5, 5.41) is 1.05. The number of hydrogen-bond acceptors (Lipinski definition) is 7. The fourth-order valence-electron chi connectivity index (χ4n) is 3.58. The van der Waals surface area contributed by atoms with E-state index in [1.807, 2.05) is 24.4 Å². The van der Waals surface area contributed by atoms with Gasteiger partial charge < -0.3 is 18.9 Å². The van der Waals surface area contributed by atoms with Crippen molar-refractivity contribution in [2.45, 2.75) is 19.3 Å². The lowest BCUT2D eigenvalue weighted by Crippen LogP contribution is -2.37. The molecule has 0 bridgehead atoms. The van der Waals surface area contributed by atoms with Crippen molar-refractivity contribution in [2.75, 3.05) is 38.8 Å². The van der Waals surface area contributed by atoms with Gasteiger partial charge in [-0.1, -0.05) is 0 Å². The molecule has 148 valence electrons. The van der Waals surface area contributed by atoms with E-state index in [9.17, 15) is 8.76 Å². The number of anilines is 1. The number of piperidine rings is 1. The third-order valence-electron chi connectivity index (χ3n) is 5.01. The fraction of sp³-hybridized carbons (Fsp3) is 0.500. The fourth-order valence-corrected chi connectivity index (χ4v) is 3.80. The van der Waals surface area contributed by atoms with Crippen molar-refractivity contribution in [1.82, 2.24) is 15.2 Å². The molecule has 0 radical (unpaired) electrons. The van der Waals surface area contributed by atoms with Gasteiger partial charge in [0.05, 0.1) is 19.7 Å². The number of fused-ring (bicyclic) bond motifs is 1. The van der Waals surface area contributed by atoms with Crippen molar-refractivity contribution in [2.24, 2.45) is 5.92 Å². The van der Waals surface area contributed by atoms with Gasteiger partial charge in [0.15, 0.2) is 11.5 Å². The van der Waals surface area contributed by atoms with Crippen molar-refractivity contribution >= 4 is 27.9 Å². The second kappa shape index (κ2) is 9.32. The van der Waals surface area contributed by atoms with Crippen molar-refractivity contribution in [3.05, 3.63) is 24.4 Å². The Hall–Kier alpha value is -1.94. The maximum atomic E-state index is 10.4. The van der Waals surface area contributed by atoms with E-state index in [-0.39, 0.29) is 0 Å². The molecule has 0 aliphatic carbocycles. The molecule has 1 aromatic heterocycles. The largest absolute Gasteiger partial charge is 0.759 e. The van der Waals surface area contributed by atoms with Crippen molar-refractivity contribution < 1.29 is 18.2 Å². The summed E-state index contributed by atoms with van der Waals surface area (Å²) in [5.41, 5.74) is 4.75. The number of hydrazine groups is 1. The van der Waals surface area contributed by atoms with Crippen LogP contribution in [0.15, 0.2) is 24.4 Å². The number of ether oxygens (including phenoxy) is 2. The topological polar surface area (TPSA) is 98.8 Å². The van der Waals surface area contributed by atoms with E-state index in [2.05, 4.69) is 20.1 Å². The van der Waals surface area contributed by atoms with Crippen molar-refractivity contribution in [3.8, 4) is 11.5 Å². The molecule has 27 heavy (non-hydrogen) atoms. The summed E-state index contributed by atoms with van der Waals surface area (Å²) in [5.74, 6) is 1.95. The summed E-state index contributed by atoms with van der Waals surface area (Å²) in [6.45, 7) is 2.55. The molecule has 1 aliphatic rings. The van der Waals surface area contributed by atoms with Crippen LogP contribution in [-0.4, -0.2) is 47.6 Å². The maximum Gasteiger partial charge on any atom is 0.162 e. The Balaban J connectivity index is 1.67. The van der Waals surface area contributed by atoms with E-state index < -0.39 is 11.3 Å². The van der Waals surface area contributed by atoms with Gasteiger partial charge in [-0.2, -0.15) is 4.83 Å². The van der Waals surface area contributed by atoms with E-state index in [0.29, 0.717) is 24.0 Å². The highest BCUT2D eigenvalue weighted by molar-refractivity contribution is 7.76. The Labute approximate surface area is 161 Å². The molecular formula is C18H25N4O4S-. The van der Waals surface area contributed by atoms with Crippen LogP contribution in [0, 0.1) is 5.92 Å². The summed E-state index contributed by atoms with van der Waals surface area (Å²) in [4.78, 5) is 9.04. The van der Waals surface area contributed by atoms with Crippen LogP contribution in [0.2, 0.25) is 0 Å². The molecule has 0 saturated carbocycles. The quantitative estimate of drug-likeness (QED) is 0.400. The monoisotopic (exact) mass is 393 g/mol. The predicted molar refractivity (Wildman–Crippen MR) is 104 cm³/mol. The number of methoxy groups -OCH3 is 2. The minimum atomic E-state index is -2.27. The zero-order chi connectivity index (χ0) is 19.2. The molecule has 2 N–H and O–H groups in total. The van der Waals surface area contributed by atoms with Gasteiger partial charge in [0.1, 0.15) is 0 Å². The zero-order valence-electron chi connectivity index (χ0n) is 15.6.